The third-order valence-corrected chi connectivity index (χ3v) is 3.04. The van der Waals surface area contributed by atoms with E-state index in [9.17, 15) is 4.79 Å². The van der Waals surface area contributed by atoms with Crippen LogP contribution in [0.15, 0.2) is 30.5 Å². The molecule has 1 aromatic heterocycles. The Bertz CT molecular complexity index is 588. The van der Waals surface area contributed by atoms with Gasteiger partial charge in [0.05, 0.1) is 7.11 Å². The summed E-state index contributed by atoms with van der Waals surface area (Å²) in [7, 11) is 1.63. The lowest BCUT2D eigenvalue weighted by molar-refractivity contribution is 0.102. The molecule has 0 aliphatic rings. The highest BCUT2D eigenvalue weighted by molar-refractivity contribution is 6.08. The standard InChI is InChI=1S/C15H18N2O2/c1-4-9-17-13(7-8-16-17)15(18)12-5-6-14(19-3)11(2)10-12/h5-8,10H,4,9H2,1-3H3. The summed E-state index contributed by atoms with van der Waals surface area (Å²) in [5, 5.41) is 4.18. The van der Waals surface area contributed by atoms with Gasteiger partial charge < -0.3 is 4.74 Å². The van der Waals surface area contributed by atoms with E-state index in [-0.39, 0.29) is 5.78 Å². The number of ketones is 1. The number of benzene rings is 1. The highest BCUT2D eigenvalue weighted by atomic mass is 16.5. The van der Waals surface area contributed by atoms with E-state index in [2.05, 4.69) is 12.0 Å². The number of aromatic nitrogens is 2. The molecule has 4 nitrogen and oxygen atoms in total. The van der Waals surface area contributed by atoms with Gasteiger partial charge in [0.15, 0.2) is 0 Å². The van der Waals surface area contributed by atoms with E-state index in [1.807, 2.05) is 19.1 Å². The monoisotopic (exact) mass is 258 g/mol. The van der Waals surface area contributed by atoms with Crippen molar-refractivity contribution in [3.8, 4) is 5.75 Å². The van der Waals surface area contributed by atoms with Crippen LogP contribution in [0.2, 0.25) is 0 Å². The van der Waals surface area contributed by atoms with E-state index in [1.165, 1.54) is 0 Å². The molecule has 0 fully saturated rings. The Morgan fingerprint density at radius 2 is 2.16 bits per heavy atom. The number of aryl methyl sites for hydroxylation is 2. The van der Waals surface area contributed by atoms with E-state index < -0.39 is 0 Å². The highest BCUT2D eigenvalue weighted by Crippen LogP contribution is 2.20. The fraction of sp³-hybridized carbons (Fsp3) is 0.333. The molecular formula is C15H18N2O2. The topological polar surface area (TPSA) is 44.1 Å². The van der Waals surface area contributed by atoms with Gasteiger partial charge in [0.25, 0.3) is 0 Å². The number of ether oxygens (including phenoxy) is 1. The maximum Gasteiger partial charge on any atom is 0.211 e. The second kappa shape index (κ2) is 5.69. The van der Waals surface area contributed by atoms with Crippen molar-refractivity contribution in [2.24, 2.45) is 0 Å². The van der Waals surface area contributed by atoms with Gasteiger partial charge in [0.2, 0.25) is 5.78 Å². The largest absolute Gasteiger partial charge is 0.496 e. The Morgan fingerprint density at radius 3 is 2.79 bits per heavy atom. The molecule has 0 N–H and O–H groups in total. The number of carbonyl (C=O) groups is 1. The summed E-state index contributed by atoms with van der Waals surface area (Å²) in [4.78, 5) is 12.5. The minimum absolute atomic E-state index is 0.00305. The van der Waals surface area contributed by atoms with E-state index in [4.69, 9.17) is 4.74 Å². The van der Waals surface area contributed by atoms with E-state index in [0.29, 0.717) is 11.3 Å². The van der Waals surface area contributed by atoms with Crippen molar-refractivity contribution in [2.75, 3.05) is 7.11 Å². The van der Waals surface area contributed by atoms with Crippen LogP contribution in [-0.4, -0.2) is 22.7 Å². The Balaban J connectivity index is 2.33. The number of methoxy groups -OCH3 is 1. The Hall–Kier alpha value is -2.10. The molecule has 2 rings (SSSR count). The van der Waals surface area contributed by atoms with Gasteiger partial charge in [-0.15, -0.1) is 0 Å². The number of hydrogen-bond acceptors (Lipinski definition) is 3. The lowest BCUT2D eigenvalue weighted by Crippen LogP contribution is -2.11. The van der Waals surface area contributed by atoms with Gasteiger partial charge in [-0.25, -0.2) is 0 Å². The normalized spacial score (nSPS) is 10.5. The summed E-state index contributed by atoms with van der Waals surface area (Å²) in [6, 6.07) is 7.22. The van der Waals surface area contributed by atoms with Crippen molar-refractivity contribution in [1.82, 2.24) is 9.78 Å². The second-order valence-electron chi connectivity index (χ2n) is 4.45. The third kappa shape index (κ3) is 2.67. The number of carbonyl (C=O) groups excluding carboxylic acids is 1. The average molecular weight is 258 g/mol. The van der Waals surface area contributed by atoms with E-state index in [1.54, 1.807) is 30.1 Å². The molecule has 100 valence electrons. The number of rotatable bonds is 5. The SMILES string of the molecule is CCCn1nccc1C(=O)c1ccc(OC)c(C)c1. The molecule has 19 heavy (non-hydrogen) atoms. The summed E-state index contributed by atoms with van der Waals surface area (Å²) in [6.07, 6.45) is 2.61. The van der Waals surface area contributed by atoms with Crippen molar-refractivity contribution < 1.29 is 9.53 Å². The van der Waals surface area contributed by atoms with Crippen LogP contribution in [0.3, 0.4) is 0 Å². The average Bonchev–Trinajstić information content (AvgIpc) is 2.86. The maximum absolute atomic E-state index is 12.5. The summed E-state index contributed by atoms with van der Waals surface area (Å²) in [5.74, 6) is 0.787. The van der Waals surface area contributed by atoms with Crippen molar-refractivity contribution in [1.29, 1.82) is 0 Å². The first-order valence-corrected chi connectivity index (χ1v) is 6.38. The van der Waals surface area contributed by atoms with Gasteiger partial charge in [-0.1, -0.05) is 6.92 Å². The molecule has 0 aliphatic carbocycles. The van der Waals surface area contributed by atoms with Gasteiger partial charge in [0, 0.05) is 18.3 Å². The molecule has 0 atom stereocenters. The molecule has 0 unspecified atom stereocenters. The summed E-state index contributed by atoms with van der Waals surface area (Å²) < 4.78 is 6.96. The van der Waals surface area contributed by atoms with Gasteiger partial charge in [0.1, 0.15) is 11.4 Å². The lowest BCUT2D eigenvalue weighted by Gasteiger charge is -2.08. The van der Waals surface area contributed by atoms with E-state index in [0.717, 1.165) is 24.3 Å². The van der Waals surface area contributed by atoms with Crippen molar-refractivity contribution in [2.45, 2.75) is 26.8 Å². The maximum atomic E-state index is 12.5. The zero-order valence-corrected chi connectivity index (χ0v) is 11.5. The van der Waals surface area contributed by atoms with Crippen molar-refractivity contribution in [3.63, 3.8) is 0 Å². The molecule has 0 saturated heterocycles. The van der Waals surface area contributed by atoms with Crippen LogP contribution in [0.5, 0.6) is 5.75 Å². The van der Waals surface area contributed by atoms with Crippen LogP contribution in [-0.2, 0) is 6.54 Å². The Labute approximate surface area is 113 Å². The Kier molecular flexibility index (Phi) is 4.00. The fourth-order valence-corrected chi connectivity index (χ4v) is 2.08. The van der Waals surface area contributed by atoms with Crippen molar-refractivity contribution in [3.05, 3.63) is 47.3 Å². The van der Waals surface area contributed by atoms with Gasteiger partial charge >= 0.3 is 0 Å². The molecule has 0 aliphatic heterocycles. The van der Waals surface area contributed by atoms with Crippen LogP contribution in [0.25, 0.3) is 0 Å². The fourth-order valence-electron chi connectivity index (χ4n) is 2.08. The zero-order chi connectivity index (χ0) is 13.8. The smallest absolute Gasteiger partial charge is 0.211 e. The second-order valence-corrected chi connectivity index (χ2v) is 4.45. The lowest BCUT2D eigenvalue weighted by atomic mass is 10.0. The van der Waals surface area contributed by atoms with Crippen LogP contribution < -0.4 is 4.74 Å². The minimum atomic E-state index is -0.00305. The van der Waals surface area contributed by atoms with Crippen molar-refractivity contribution >= 4 is 5.78 Å². The molecule has 0 spiro atoms. The third-order valence-electron chi connectivity index (χ3n) is 3.04. The summed E-state index contributed by atoms with van der Waals surface area (Å²) in [5.41, 5.74) is 2.25. The van der Waals surface area contributed by atoms with Crippen LogP contribution in [0.4, 0.5) is 0 Å². The quantitative estimate of drug-likeness (QED) is 0.775. The molecule has 1 aromatic carbocycles. The van der Waals surface area contributed by atoms with Gasteiger partial charge in [-0.3, -0.25) is 9.48 Å². The van der Waals surface area contributed by atoms with Crippen LogP contribution in [0, 0.1) is 6.92 Å². The molecule has 2 aromatic rings. The zero-order valence-electron chi connectivity index (χ0n) is 11.5. The molecular weight excluding hydrogens is 240 g/mol. The summed E-state index contributed by atoms with van der Waals surface area (Å²) in [6.45, 7) is 4.75. The van der Waals surface area contributed by atoms with E-state index >= 15 is 0 Å². The first kappa shape index (κ1) is 13.3. The van der Waals surface area contributed by atoms with Gasteiger partial charge in [-0.05, 0) is 43.2 Å². The van der Waals surface area contributed by atoms with Crippen LogP contribution >= 0.6 is 0 Å². The number of hydrogen-bond donors (Lipinski definition) is 0. The molecule has 4 heteroatoms. The first-order valence-electron chi connectivity index (χ1n) is 6.38. The molecule has 0 saturated carbocycles. The minimum Gasteiger partial charge on any atom is -0.496 e. The molecule has 1 heterocycles. The highest BCUT2D eigenvalue weighted by Gasteiger charge is 2.15. The predicted molar refractivity (Wildman–Crippen MR) is 73.7 cm³/mol. The summed E-state index contributed by atoms with van der Waals surface area (Å²) >= 11 is 0. The van der Waals surface area contributed by atoms with Gasteiger partial charge in [-0.2, -0.15) is 5.10 Å². The predicted octanol–water partition coefficient (Wildman–Crippen LogP) is 2.84. The molecule has 0 radical (unpaired) electrons. The first-order chi connectivity index (χ1) is 9.17. The van der Waals surface area contributed by atoms with Crippen LogP contribution in [0.1, 0.15) is 35.0 Å². The molecule has 0 bridgehead atoms. The molecule has 0 amide bonds. The Morgan fingerprint density at radius 1 is 1.37 bits per heavy atom. The number of nitrogens with zero attached hydrogens (tertiary/aromatic N) is 2.